The Balaban J connectivity index is 1.63. The molecule has 5 heteroatoms. The van der Waals surface area contributed by atoms with Gasteiger partial charge in [-0.3, -0.25) is 9.59 Å². The van der Waals surface area contributed by atoms with Crippen molar-refractivity contribution in [2.75, 3.05) is 25.1 Å². The van der Waals surface area contributed by atoms with Crippen LogP contribution in [-0.4, -0.2) is 32.0 Å². The lowest BCUT2D eigenvalue weighted by Crippen LogP contribution is -2.26. The van der Waals surface area contributed by atoms with Crippen LogP contribution in [0.15, 0.2) is 42.5 Å². The maximum Gasteiger partial charge on any atom is 0.251 e. The van der Waals surface area contributed by atoms with Crippen molar-refractivity contribution in [2.24, 2.45) is 0 Å². The van der Waals surface area contributed by atoms with E-state index < -0.39 is 0 Å². The molecule has 0 radical (unpaired) electrons. The normalized spacial score (nSPS) is 13.7. The van der Waals surface area contributed by atoms with Gasteiger partial charge >= 0.3 is 0 Å². The quantitative estimate of drug-likeness (QED) is 0.932. The lowest BCUT2D eigenvalue weighted by Gasteiger charge is -2.17. The molecule has 0 saturated carbocycles. The first-order valence-corrected chi connectivity index (χ1v) is 8.42. The monoisotopic (exact) mass is 338 g/mol. The van der Waals surface area contributed by atoms with Crippen LogP contribution < -0.4 is 15.0 Å². The standard InChI is InChI=1S/C20H22N2O3/c1-14-4-3-5-16(12-14)20(24)21-10-8-15-6-7-18-17(13-15)22(2)19(23)9-11-25-18/h3-7,12-13H,8-11H2,1-2H3,(H,21,24). The summed E-state index contributed by atoms with van der Waals surface area (Å²) in [6.45, 7) is 2.90. The third kappa shape index (κ3) is 3.99. The maximum absolute atomic E-state index is 12.2. The fourth-order valence-electron chi connectivity index (χ4n) is 2.86. The molecule has 0 fully saturated rings. The second kappa shape index (κ2) is 7.38. The van der Waals surface area contributed by atoms with E-state index in [9.17, 15) is 9.59 Å². The third-order valence-corrected chi connectivity index (χ3v) is 4.31. The molecule has 1 aliphatic heterocycles. The van der Waals surface area contributed by atoms with E-state index in [4.69, 9.17) is 4.74 Å². The molecule has 2 amide bonds. The van der Waals surface area contributed by atoms with Gasteiger partial charge in [-0.15, -0.1) is 0 Å². The summed E-state index contributed by atoms with van der Waals surface area (Å²) in [5.74, 6) is 0.693. The average Bonchev–Trinajstić information content (AvgIpc) is 2.74. The van der Waals surface area contributed by atoms with E-state index in [-0.39, 0.29) is 11.8 Å². The van der Waals surface area contributed by atoms with Gasteiger partial charge in [-0.2, -0.15) is 0 Å². The van der Waals surface area contributed by atoms with Crippen molar-refractivity contribution in [3.63, 3.8) is 0 Å². The fraction of sp³-hybridized carbons (Fsp3) is 0.300. The number of nitrogens with one attached hydrogen (secondary N) is 1. The van der Waals surface area contributed by atoms with Gasteiger partial charge in [-0.1, -0.05) is 23.8 Å². The van der Waals surface area contributed by atoms with E-state index in [1.54, 1.807) is 11.9 Å². The molecule has 25 heavy (non-hydrogen) atoms. The van der Waals surface area contributed by atoms with Gasteiger partial charge in [-0.25, -0.2) is 0 Å². The molecule has 0 atom stereocenters. The number of hydrogen-bond donors (Lipinski definition) is 1. The summed E-state index contributed by atoms with van der Waals surface area (Å²) in [7, 11) is 1.76. The summed E-state index contributed by atoms with van der Waals surface area (Å²) in [6, 6.07) is 13.3. The molecule has 3 rings (SSSR count). The first-order valence-electron chi connectivity index (χ1n) is 8.42. The van der Waals surface area contributed by atoms with Crippen LogP contribution in [0.4, 0.5) is 5.69 Å². The second-order valence-electron chi connectivity index (χ2n) is 6.23. The highest BCUT2D eigenvalue weighted by molar-refractivity contribution is 5.95. The minimum absolute atomic E-state index is 0.0450. The number of carbonyl (C=O) groups is 2. The van der Waals surface area contributed by atoms with Gasteiger partial charge in [-0.05, 0) is 43.2 Å². The van der Waals surface area contributed by atoms with Crippen LogP contribution in [0.25, 0.3) is 0 Å². The lowest BCUT2D eigenvalue weighted by atomic mass is 10.1. The summed E-state index contributed by atoms with van der Waals surface area (Å²) in [5.41, 5.74) is 3.56. The summed E-state index contributed by atoms with van der Waals surface area (Å²) < 4.78 is 5.62. The van der Waals surface area contributed by atoms with Gasteiger partial charge in [0.1, 0.15) is 5.75 Å². The minimum Gasteiger partial charge on any atom is -0.491 e. The van der Waals surface area contributed by atoms with Crippen molar-refractivity contribution < 1.29 is 14.3 Å². The number of aryl methyl sites for hydroxylation is 1. The average molecular weight is 338 g/mol. The first-order chi connectivity index (χ1) is 12.0. The number of hydrogen-bond acceptors (Lipinski definition) is 3. The minimum atomic E-state index is -0.0749. The zero-order chi connectivity index (χ0) is 17.8. The maximum atomic E-state index is 12.2. The molecule has 130 valence electrons. The van der Waals surface area contributed by atoms with Crippen LogP contribution >= 0.6 is 0 Å². The predicted molar refractivity (Wildman–Crippen MR) is 97.2 cm³/mol. The molecule has 0 bridgehead atoms. The van der Waals surface area contributed by atoms with Gasteiger partial charge in [0.05, 0.1) is 18.7 Å². The highest BCUT2D eigenvalue weighted by Crippen LogP contribution is 2.31. The Kier molecular flexibility index (Phi) is 5.03. The highest BCUT2D eigenvalue weighted by Gasteiger charge is 2.20. The molecule has 1 aliphatic rings. The van der Waals surface area contributed by atoms with E-state index >= 15 is 0 Å². The smallest absolute Gasteiger partial charge is 0.251 e. The summed E-state index contributed by atoms with van der Waals surface area (Å²) in [5, 5.41) is 2.94. The molecule has 1 N–H and O–H groups in total. The van der Waals surface area contributed by atoms with Crippen molar-refractivity contribution in [1.82, 2.24) is 5.32 Å². The highest BCUT2D eigenvalue weighted by atomic mass is 16.5. The molecule has 0 unspecified atom stereocenters. The molecule has 0 saturated heterocycles. The number of ether oxygens (including phenoxy) is 1. The second-order valence-corrected chi connectivity index (χ2v) is 6.23. The molecule has 0 spiro atoms. The molecule has 1 heterocycles. The largest absolute Gasteiger partial charge is 0.491 e. The van der Waals surface area contributed by atoms with Crippen molar-refractivity contribution in [3.05, 3.63) is 59.2 Å². The zero-order valence-corrected chi connectivity index (χ0v) is 14.5. The van der Waals surface area contributed by atoms with Gasteiger partial charge in [0.15, 0.2) is 0 Å². The van der Waals surface area contributed by atoms with E-state index in [1.807, 2.05) is 49.4 Å². The van der Waals surface area contributed by atoms with Crippen molar-refractivity contribution in [1.29, 1.82) is 0 Å². The number of benzene rings is 2. The number of nitrogens with zero attached hydrogens (tertiary/aromatic N) is 1. The third-order valence-electron chi connectivity index (χ3n) is 4.31. The molecule has 0 aliphatic carbocycles. The van der Waals surface area contributed by atoms with E-state index in [1.165, 1.54) is 0 Å². The van der Waals surface area contributed by atoms with Gasteiger partial charge in [0, 0.05) is 19.2 Å². The Morgan fingerprint density at radius 2 is 2.08 bits per heavy atom. The van der Waals surface area contributed by atoms with Crippen LogP contribution in [0.2, 0.25) is 0 Å². The first kappa shape index (κ1) is 17.0. The van der Waals surface area contributed by atoms with E-state index in [0.29, 0.717) is 31.6 Å². The van der Waals surface area contributed by atoms with E-state index in [0.717, 1.165) is 22.6 Å². The van der Waals surface area contributed by atoms with Crippen molar-refractivity contribution in [3.8, 4) is 5.75 Å². The van der Waals surface area contributed by atoms with Crippen LogP contribution in [0, 0.1) is 6.92 Å². The van der Waals surface area contributed by atoms with Crippen LogP contribution in [-0.2, 0) is 11.2 Å². The lowest BCUT2D eigenvalue weighted by molar-refractivity contribution is -0.118. The fourth-order valence-corrected chi connectivity index (χ4v) is 2.86. The molecular weight excluding hydrogens is 316 g/mol. The SMILES string of the molecule is Cc1cccc(C(=O)NCCc2ccc3c(c2)N(C)C(=O)CCO3)c1. The Bertz CT molecular complexity index is 801. The summed E-state index contributed by atoms with van der Waals surface area (Å²) in [4.78, 5) is 25.8. The molecular formula is C20H22N2O3. The number of anilines is 1. The Morgan fingerprint density at radius 3 is 2.88 bits per heavy atom. The summed E-state index contributed by atoms with van der Waals surface area (Å²) >= 11 is 0. The molecule has 2 aromatic rings. The molecule has 0 aromatic heterocycles. The van der Waals surface area contributed by atoms with Gasteiger partial charge < -0.3 is 15.0 Å². The molecule has 2 aromatic carbocycles. The van der Waals surface area contributed by atoms with Gasteiger partial charge in [0.2, 0.25) is 5.91 Å². The van der Waals surface area contributed by atoms with Gasteiger partial charge in [0.25, 0.3) is 5.91 Å². The van der Waals surface area contributed by atoms with Crippen LogP contribution in [0.1, 0.15) is 27.9 Å². The Hall–Kier alpha value is -2.82. The summed E-state index contributed by atoms with van der Waals surface area (Å²) in [6.07, 6.45) is 1.07. The van der Waals surface area contributed by atoms with Crippen LogP contribution in [0.3, 0.4) is 0 Å². The Labute approximate surface area is 147 Å². The topological polar surface area (TPSA) is 58.6 Å². The predicted octanol–water partition coefficient (Wildman–Crippen LogP) is 2.71. The van der Waals surface area contributed by atoms with E-state index in [2.05, 4.69) is 5.32 Å². The van der Waals surface area contributed by atoms with Crippen molar-refractivity contribution in [2.45, 2.75) is 19.8 Å². The van der Waals surface area contributed by atoms with Crippen molar-refractivity contribution >= 4 is 17.5 Å². The number of amides is 2. The Morgan fingerprint density at radius 1 is 1.24 bits per heavy atom. The number of rotatable bonds is 4. The van der Waals surface area contributed by atoms with Crippen LogP contribution in [0.5, 0.6) is 5.75 Å². The number of carbonyl (C=O) groups excluding carboxylic acids is 2. The number of fused-ring (bicyclic) bond motifs is 1. The zero-order valence-electron chi connectivity index (χ0n) is 14.5. The molecule has 5 nitrogen and oxygen atoms in total.